The van der Waals surface area contributed by atoms with Gasteiger partial charge >= 0.3 is 0 Å². The van der Waals surface area contributed by atoms with Crippen LogP contribution in [0, 0.1) is 0 Å². The van der Waals surface area contributed by atoms with Gasteiger partial charge in [-0.3, -0.25) is 23.8 Å². The summed E-state index contributed by atoms with van der Waals surface area (Å²) in [7, 11) is 0. The van der Waals surface area contributed by atoms with E-state index in [-0.39, 0.29) is 36.8 Å². The van der Waals surface area contributed by atoms with E-state index in [0.717, 1.165) is 5.56 Å². The van der Waals surface area contributed by atoms with Crippen LogP contribution in [0.15, 0.2) is 92.3 Å². The van der Waals surface area contributed by atoms with Gasteiger partial charge in [0, 0.05) is 30.0 Å². The van der Waals surface area contributed by atoms with Crippen molar-refractivity contribution in [2.75, 3.05) is 0 Å². The van der Waals surface area contributed by atoms with Crippen molar-refractivity contribution in [2.45, 2.75) is 31.2 Å². The first kappa shape index (κ1) is 23.9. The van der Waals surface area contributed by atoms with Crippen molar-refractivity contribution in [3.63, 3.8) is 0 Å². The molecule has 0 aliphatic carbocycles. The highest BCUT2D eigenvalue weighted by atomic mass is 32.2. The van der Waals surface area contributed by atoms with Crippen molar-refractivity contribution in [2.24, 2.45) is 9.98 Å². The number of carbonyl (C=O) groups excluding carboxylic acids is 2. The van der Waals surface area contributed by atoms with Gasteiger partial charge in [-0.05, 0) is 42.8 Å². The highest BCUT2D eigenvalue weighted by Crippen LogP contribution is 2.34. The minimum Gasteiger partial charge on any atom is -0.467 e. The van der Waals surface area contributed by atoms with Gasteiger partial charge in [0.15, 0.2) is 5.17 Å². The molecule has 4 aromatic rings. The number of hydrogen-bond acceptors (Lipinski definition) is 8. The zero-order chi connectivity index (χ0) is 26.1. The Morgan fingerprint density at radius 1 is 1.08 bits per heavy atom. The fraction of sp³-hybridized carbons (Fsp3) is 0.185. The van der Waals surface area contributed by atoms with Crippen molar-refractivity contribution in [3.05, 3.63) is 100 Å². The summed E-state index contributed by atoms with van der Waals surface area (Å²) in [6.07, 6.45) is 3.64. The molecule has 2 amide bonds. The number of hydrogen-bond donors (Lipinski definition) is 1. The third-order valence-electron chi connectivity index (χ3n) is 6.21. The number of aliphatic imine (C=N–C) groups is 2. The van der Waals surface area contributed by atoms with Crippen LogP contribution in [-0.4, -0.2) is 43.1 Å². The summed E-state index contributed by atoms with van der Waals surface area (Å²) in [5.74, 6) is 1.11. The summed E-state index contributed by atoms with van der Waals surface area (Å²) < 4.78 is 6.71. The van der Waals surface area contributed by atoms with Crippen LogP contribution in [-0.2, 0) is 21.9 Å². The lowest BCUT2D eigenvalue weighted by Gasteiger charge is -2.25. The summed E-state index contributed by atoms with van der Waals surface area (Å²) in [6, 6.07) is 17.2. The molecular formula is C27H22N6O4S. The van der Waals surface area contributed by atoms with Crippen molar-refractivity contribution >= 4 is 45.9 Å². The molecule has 0 unspecified atom stereocenters. The first-order valence-corrected chi connectivity index (χ1v) is 13.0. The number of nitrogens with zero attached hydrogens (tertiary/aromatic N) is 5. The molecular weight excluding hydrogens is 504 g/mol. The molecule has 5 heterocycles. The van der Waals surface area contributed by atoms with Gasteiger partial charge in [0.2, 0.25) is 5.91 Å². The summed E-state index contributed by atoms with van der Waals surface area (Å²) >= 11 is 1.32. The third-order valence-corrected chi connectivity index (χ3v) is 7.18. The van der Waals surface area contributed by atoms with E-state index in [0.29, 0.717) is 39.5 Å². The fourth-order valence-electron chi connectivity index (χ4n) is 4.36. The second-order valence-corrected chi connectivity index (χ2v) is 9.69. The number of furan rings is 1. The molecule has 190 valence electrons. The molecule has 3 aromatic heterocycles. The van der Waals surface area contributed by atoms with Crippen molar-refractivity contribution < 1.29 is 14.0 Å². The normalized spacial score (nSPS) is 16.2. The standard InChI is InChI=1S/C27H22N6O4S/c34-23(28-15-18-6-5-13-37-18)11-10-21-26(36)33-25(30-21)19-7-1-2-8-20(19)31-27(33)38-16-17-14-24(35)32-12-4-3-9-22(32)29-17/h1-9,12-14,21H,10-11,15-16H2,(H,28,34)/t21-/m1/s1. The topological polar surface area (TPSA) is 122 Å². The van der Waals surface area contributed by atoms with Gasteiger partial charge in [0.05, 0.1) is 24.2 Å². The zero-order valence-electron chi connectivity index (χ0n) is 20.1. The Morgan fingerprint density at radius 3 is 2.82 bits per heavy atom. The van der Waals surface area contributed by atoms with Crippen molar-refractivity contribution in [1.29, 1.82) is 0 Å². The molecule has 0 spiro atoms. The van der Waals surface area contributed by atoms with E-state index < -0.39 is 6.04 Å². The van der Waals surface area contributed by atoms with Gasteiger partial charge in [-0.2, -0.15) is 0 Å². The lowest BCUT2D eigenvalue weighted by molar-refractivity contribution is -0.125. The number of benzene rings is 1. The Balaban J connectivity index is 1.19. The Labute approximate surface area is 221 Å². The highest BCUT2D eigenvalue weighted by Gasteiger charge is 2.41. The summed E-state index contributed by atoms with van der Waals surface area (Å²) in [6.45, 7) is 0.290. The average Bonchev–Trinajstić information content (AvgIpc) is 3.57. The minimum absolute atomic E-state index is 0.147. The van der Waals surface area contributed by atoms with Gasteiger partial charge in [-0.1, -0.05) is 30.0 Å². The fourth-order valence-corrected chi connectivity index (χ4v) is 5.25. The smallest absolute Gasteiger partial charge is 0.259 e. The molecule has 2 aliphatic heterocycles. The number of rotatable bonds is 7. The van der Waals surface area contributed by atoms with Gasteiger partial charge in [0.25, 0.3) is 11.5 Å². The van der Waals surface area contributed by atoms with Gasteiger partial charge < -0.3 is 9.73 Å². The van der Waals surface area contributed by atoms with Crippen LogP contribution in [0.25, 0.3) is 5.65 Å². The summed E-state index contributed by atoms with van der Waals surface area (Å²) in [4.78, 5) is 53.9. The van der Waals surface area contributed by atoms with Crippen LogP contribution in [0.3, 0.4) is 0 Å². The molecule has 0 bridgehead atoms. The van der Waals surface area contributed by atoms with Crippen LogP contribution < -0.4 is 10.9 Å². The predicted molar refractivity (Wildman–Crippen MR) is 143 cm³/mol. The van der Waals surface area contributed by atoms with Gasteiger partial charge in [-0.25, -0.2) is 14.9 Å². The number of fused-ring (bicyclic) bond motifs is 4. The molecule has 1 atom stereocenters. The van der Waals surface area contributed by atoms with E-state index in [9.17, 15) is 14.4 Å². The predicted octanol–water partition coefficient (Wildman–Crippen LogP) is 3.28. The number of amides is 2. The van der Waals surface area contributed by atoms with Gasteiger partial charge in [-0.15, -0.1) is 0 Å². The number of aromatic nitrogens is 2. The molecule has 10 nitrogen and oxygen atoms in total. The SMILES string of the molecule is O=C(CC[C@H]1N=C2c3ccccc3N=C(SCc3cc(=O)n4ccccc4n3)N2C1=O)NCc1ccco1. The largest absolute Gasteiger partial charge is 0.467 e. The molecule has 0 saturated heterocycles. The minimum atomic E-state index is -0.695. The highest BCUT2D eigenvalue weighted by molar-refractivity contribution is 8.13. The third kappa shape index (κ3) is 4.63. The molecule has 0 radical (unpaired) electrons. The number of nitrogens with one attached hydrogen (secondary N) is 1. The molecule has 38 heavy (non-hydrogen) atoms. The van der Waals surface area contributed by atoms with E-state index in [1.54, 1.807) is 36.7 Å². The zero-order valence-corrected chi connectivity index (χ0v) is 20.9. The molecule has 11 heteroatoms. The van der Waals surface area contributed by atoms with Gasteiger partial charge in [0.1, 0.15) is 23.3 Å². The lowest BCUT2D eigenvalue weighted by atomic mass is 10.1. The monoisotopic (exact) mass is 526 g/mol. The quantitative estimate of drug-likeness (QED) is 0.395. The maximum Gasteiger partial charge on any atom is 0.259 e. The van der Waals surface area contributed by atoms with Crippen molar-refractivity contribution in [1.82, 2.24) is 19.6 Å². The summed E-state index contributed by atoms with van der Waals surface area (Å²) in [5, 5.41) is 3.26. The molecule has 6 rings (SSSR count). The number of carbonyl (C=O) groups is 2. The molecule has 0 fully saturated rings. The van der Waals surface area contributed by atoms with Crippen LogP contribution >= 0.6 is 11.8 Å². The van der Waals surface area contributed by atoms with Crippen LogP contribution in [0.1, 0.15) is 29.9 Å². The number of pyridine rings is 1. The van der Waals surface area contributed by atoms with E-state index in [4.69, 9.17) is 14.4 Å². The number of amidine groups is 2. The van der Waals surface area contributed by atoms with E-state index in [1.165, 1.54) is 27.1 Å². The summed E-state index contributed by atoms with van der Waals surface area (Å²) in [5.41, 5.74) is 2.43. The molecule has 1 aromatic carbocycles. The Bertz CT molecular complexity index is 1660. The molecule has 2 aliphatic rings. The second kappa shape index (κ2) is 10.1. The van der Waals surface area contributed by atoms with E-state index >= 15 is 0 Å². The first-order chi connectivity index (χ1) is 18.6. The second-order valence-electron chi connectivity index (χ2n) is 8.75. The Morgan fingerprint density at radius 2 is 1.95 bits per heavy atom. The van der Waals surface area contributed by atoms with Crippen molar-refractivity contribution in [3.8, 4) is 0 Å². The van der Waals surface area contributed by atoms with E-state index in [1.807, 2.05) is 30.3 Å². The maximum atomic E-state index is 13.5. The molecule has 1 N–H and O–H groups in total. The molecule has 0 saturated carbocycles. The Hall–Kier alpha value is -4.51. The van der Waals surface area contributed by atoms with Crippen LogP contribution in [0.5, 0.6) is 0 Å². The van der Waals surface area contributed by atoms with Crippen LogP contribution in [0.2, 0.25) is 0 Å². The first-order valence-electron chi connectivity index (χ1n) is 12.1. The average molecular weight is 527 g/mol. The van der Waals surface area contributed by atoms with E-state index in [2.05, 4.69) is 10.3 Å². The maximum absolute atomic E-state index is 13.5. The number of para-hydroxylation sites is 1. The number of thioether (sulfide) groups is 1. The Kier molecular flexibility index (Phi) is 6.34. The lowest BCUT2D eigenvalue weighted by Crippen LogP contribution is -2.41. The van der Waals surface area contributed by atoms with Crippen LogP contribution in [0.4, 0.5) is 5.69 Å².